The van der Waals surface area contributed by atoms with E-state index in [1.165, 1.54) is 0 Å². The number of carbonyl (C=O) groups excluding carboxylic acids is 2. The number of rotatable bonds is 4. The van der Waals surface area contributed by atoms with Gasteiger partial charge in [-0.15, -0.1) is 4.73 Å². The van der Waals surface area contributed by atoms with E-state index in [-0.39, 0.29) is 35.7 Å². The molecule has 0 aliphatic carbocycles. The zero-order valence-electron chi connectivity index (χ0n) is 15.9. The van der Waals surface area contributed by atoms with Gasteiger partial charge in [0.2, 0.25) is 0 Å². The van der Waals surface area contributed by atoms with Crippen molar-refractivity contribution in [1.82, 2.24) is 4.73 Å². The molecule has 24 heavy (non-hydrogen) atoms. The van der Waals surface area contributed by atoms with Crippen LogP contribution in [0.3, 0.4) is 0 Å². The smallest absolute Gasteiger partial charge is 0.341 e. The molecule has 0 aromatic carbocycles. The van der Waals surface area contributed by atoms with Gasteiger partial charge in [0.15, 0.2) is 0 Å². The summed E-state index contributed by atoms with van der Waals surface area (Å²) in [5.74, 6) is -1.35. The minimum absolute atomic E-state index is 0.0164. The minimum Gasteiger partial charge on any atom is -0.462 e. The van der Waals surface area contributed by atoms with Crippen LogP contribution in [0.1, 0.15) is 87.5 Å². The fourth-order valence-corrected chi connectivity index (χ4v) is 2.71. The Hall–Kier alpha value is -1.98. The molecule has 135 valence electrons. The highest BCUT2D eigenvalue weighted by atomic mass is 16.5. The first-order chi connectivity index (χ1) is 10.9. The van der Waals surface area contributed by atoms with Crippen LogP contribution in [0.2, 0.25) is 0 Å². The van der Waals surface area contributed by atoms with Gasteiger partial charge in [0.1, 0.15) is 0 Å². The summed E-state index contributed by atoms with van der Waals surface area (Å²) in [6, 6.07) is 0. The summed E-state index contributed by atoms with van der Waals surface area (Å²) in [7, 11) is 0. The molecule has 0 aliphatic rings. The molecular formula is C18H28NO5. The second-order valence-electron chi connectivity index (χ2n) is 7.68. The highest BCUT2D eigenvalue weighted by molar-refractivity contribution is 6.05. The topological polar surface area (TPSA) is 77.4 Å². The molecular weight excluding hydrogens is 310 g/mol. The lowest BCUT2D eigenvalue weighted by Gasteiger charge is -2.22. The maximum Gasteiger partial charge on any atom is 0.341 e. The normalized spacial score (nSPS) is 12.2. The maximum atomic E-state index is 13.0. The van der Waals surface area contributed by atoms with E-state index in [0.717, 1.165) is 0 Å². The summed E-state index contributed by atoms with van der Waals surface area (Å²) < 4.78 is 10.9. The van der Waals surface area contributed by atoms with E-state index in [4.69, 9.17) is 9.47 Å². The molecule has 1 rings (SSSR count). The lowest BCUT2D eigenvalue weighted by Crippen LogP contribution is -2.23. The zero-order valence-corrected chi connectivity index (χ0v) is 15.9. The Kier molecular flexibility index (Phi) is 5.74. The van der Waals surface area contributed by atoms with E-state index in [1.54, 1.807) is 13.8 Å². The number of carbonyl (C=O) groups is 2. The zero-order chi connectivity index (χ0) is 18.9. The molecule has 0 bridgehead atoms. The molecule has 0 atom stereocenters. The van der Waals surface area contributed by atoms with E-state index in [9.17, 15) is 14.8 Å². The van der Waals surface area contributed by atoms with Gasteiger partial charge in [-0.25, -0.2) is 9.59 Å². The van der Waals surface area contributed by atoms with Crippen molar-refractivity contribution >= 4 is 11.9 Å². The Labute approximate surface area is 143 Å². The van der Waals surface area contributed by atoms with Crippen molar-refractivity contribution in [2.45, 2.75) is 66.2 Å². The Morgan fingerprint density at radius 2 is 1.08 bits per heavy atom. The average molecular weight is 338 g/mol. The lowest BCUT2D eigenvalue weighted by atomic mass is 9.86. The van der Waals surface area contributed by atoms with Gasteiger partial charge in [-0.1, -0.05) is 41.5 Å². The number of hydrogen-bond acceptors (Lipinski definition) is 4. The van der Waals surface area contributed by atoms with E-state index < -0.39 is 22.8 Å². The monoisotopic (exact) mass is 338 g/mol. The standard InChI is InChI=1S/C18H28NO5/c1-9-23-15(20)11-12(16(21)24-10-2)14(18(6,7)8)19(22)13(11)17(3,4)5/h9-10H2,1-8H3. The van der Waals surface area contributed by atoms with E-state index in [2.05, 4.69) is 0 Å². The minimum atomic E-state index is -0.675. The Morgan fingerprint density at radius 3 is 1.29 bits per heavy atom. The van der Waals surface area contributed by atoms with Crippen molar-refractivity contribution in [1.29, 1.82) is 0 Å². The van der Waals surface area contributed by atoms with E-state index in [0.29, 0.717) is 4.73 Å². The molecule has 0 spiro atoms. The molecule has 1 heterocycles. The predicted octanol–water partition coefficient (Wildman–Crippen LogP) is 3.63. The van der Waals surface area contributed by atoms with Crippen LogP contribution in [-0.2, 0) is 25.5 Å². The average Bonchev–Trinajstić information content (AvgIpc) is 2.72. The van der Waals surface area contributed by atoms with Crippen molar-refractivity contribution < 1.29 is 24.3 Å². The first-order valence-electron chi connectivity index (χ1n) is 8.19. The number of aromatic nitrogens is 1. The van der Waals surface area contributed by atoms with Crippen molar-refractivity contribution in [3.8, 4) is 0 Å². The van der Waals surface area contributed by atoms with Crippen LogP contribution in [0.5, 0.6) is 0 Å². The highest BCUT2D eigenvalue weighted by Crippen LogP contribution is 2.38. The molecule has 0 fully saturated rings. The molecule has 6 heteroatoms. The number of ether oxygens (including phenoxy) is 2. The summed E-state index contributed by atoms with van der Waals surface area (Å²) >= 11 is 0. The second-order valence-corrected chi connectivity index (χ2v) is 7.68. The van der Waals surface area contributed by atoms with Gasteiger partial charge in [0, 0.05) is 10.8 Å². The van der Waals surface area contributed by atoms with E-state index in [1.807, 2.05) is 41.5 Å². The number of esters is 2. The molecule has 0 unspecified atom stereocenters. The van der Waals surface area contributed by atoms with Gasteiger partial charge in [0.25, 0.3) is 0 Å². The van der Waals surface area contributed by atoms with Crippen LogP contribution in [0.25, 0.3) is 0 Å². The van der Waals surface area contributed by atoms with Crippen LogP contribution < -0.4 is 0 Å². The highest BCUT2D eigenvalue weighted by Gasteiger charge is 2.41. The van der Waals surface area contributed by atoms with Gasteiger partial charge in [0.05, 0.1) is 35.7 Å². The summed E-state index contributed by atoms with van der Waals surface area (Å²) in [5.41, 5.74) is -0.795. The third-order valence-electron chi connectivity index (χ3n) is 3.51. The number of nitrogens with zero attached hydrogens (tertiary/aromatic N) is 1. The molecule has 1 aromatic heterocycles. The predicted molar refractivity (Wildman–Crippen MR) is 89.8 cm³/mol. The fourth-order valence-electron chi connectivity index (χ4n) is 2.71. The summed E-state index contributed by atoms with van der Waals surface area (Å²) in [5, 5.41) is 13.0. The van der Waals surface area contributed by atoms with Gasteiger partial charge in [-0.2, -0.15) is 5.21 Å². The molecule has 6 nitrogen and oxygen atoms in total. The third kappa shape index (κ3) is 3.74. The van der Waals surface area contributed by atoms with Crippen LogP contribution in [0.15, 0.2) is 0 Å². The number of hydrogen-bond donors (Lipinski definition) is 0. The quantitative estimate of drug-likeness (QED) is 0.785. The van der Waals surface area contributed by atoms with Crippen LogP contribution in [-0.4, -0.2) is 29.9 Å². The first-order valence-corrected chi connectivity index (χ1v) is 8.19. The van der Waals surface area contributed by atoms with Crippen molar-refractivity contribution in [2.24, 2.45) is 0 Å². The third-order valence-corrected chi connectivity index (χ3v) is 3.51. The maximum absolute atomic E-state index is 13.0. The molecule has 0 aliphatic heterocycles. The van der Waals surface area contributed by atoms with Crippen LogP contribution in [0.4, 0.5) is 0 Å². The fraction of sp³-hybridized carbons (Fsp3) is 0.667. The largest absolute Gasteiger partial charge is 0.462 e. The Balaban J connectivity index is 3.92. The van der Waals surface area contributed by atoms with Crippen molar-refractivity contribution in [3.05, 3.63) is 22.5 Å². The lowest BCUT2D eigenvalue weighted by molar-refractivity contribution is 0.0476. The van der Waals surface area contributed by atoms with Crippen molar-refractivity contribution in [2.75, 3.05) is 13.2 Å². The SMILES string of the molecule is CCOC(=O)c1c(C(=O)OCC)c(C(C)(C)C)n([O])c1C(C)(C)C. The van der Waals surface area contributed by atoms with Crippen molar-refractivity contribution in [3.63, 3.8) is 0 Å². The molecule has 1 aromatic rings. The van der Waals surface area contributed by atoms with Crippen LogP contribution in [0, 0.1) is 0 Å². The van der Waals surface area contributed by atoms with Gasteiger partial charge < -0.3 is 9.47 Å². The van der Waals surface area contributed by atoms with Crippen LogP contribution >= 0.6 is 0 Å². The molecule has 0 saturated carbocycles. The first kappa shape index (κ1) is 20.1. The van der Waals surface area contributed by atoms with E-state index >= 15 is 0 Å². The molecule has 0 amide bonds. The molecule has 0 saturated heterocycles. The molecule has 0 N–H and O–H groups in total. The van der Waals surface area contributed by atoms with Gasteiger partial charge in [-0.05, 0) is 13.8 Å². The summed E-state index contributed by atoms with van der Waals surface area (Å²) in [4.78, 5) is 25.1. The van der Waals surface area contributed by atoms with Gasteiger partial charge >= 0.3 is 11.9 Å². The van der Waals surface area contributed by atoms with Gasteiger partial charge in [-0.3, -0.25) is 0 Å². The Bertz CT molecular complexity index is 576. The molecule has 1 radical (unpaired) electrons. The summed E-state index contributed by atoms with van der Waals surface area (Å²) in [6.07, 6.45) is 0. The summed E-state index contributed by atoms with van der Waals surface area (Å²) in [6.45, 7) is 14.6. The second kappa shape index (κ2) is 6.87. The Morgan fingerprint density at radius 1 is 0.792 bits per heavy atom.